The van der Waals surface area contributed by atoms with Crippen LogP contribution in [0.3, 0.4) is 0 Å². The summed E-state index contributed by atoms with van der Waals surface area (Å²) in [7, 11) is 1.35. The quantitative estimate of drug-likeness (QED) is 0.438. The fourth-order valence-corrected chi connectivity index (χ4v) is 1.99. The SMILES string of the molecule is COC(=O)c1ccc(C=NNc2nnnn2-c2ccccc2)cc1. The molecule has 0 amide bonds. The minimum absolute atomic E-state index is 0.376. The molecule has 2 aromatic carbocycles. The van der Waals surface area contributed by atoms with Crippen LogP contribution in [0.15, 0.2) is 59.7 Å². The number of hydrazone groups is 1. The molecule has 3 rings (SSSR count). The Morgan fingerprint density at radius 2 is 1.92 bits per heavy atom. The van der Waals surface area contributed by atoms with Crippen LogP contribution in [0.2, 0.25) is 0 Å². The lowest BCUT2D eigenvalue weighted by Gasteiger charge is -2.03. The molecule has 0 saturated carbocycles. The number of aromatic nitrogens is 4. The first-order valence-electron chi connectivity index (χ1n) is 7.09. The number of methoxy groups -OCH3 is 1. The zero-order chi connectivity index (χ0) is 16.8. The van der Waals surface area contributed by atoms with Gasteiger partial charge in [-0.2, -0.15) is 9.78 Å². The van der Waals surface area contributed by atoms with E-state index in [9.17, 15) is 4.79 Å². The van der Waals surface area contributed by atoms with Crippen LogP contribution in [0.1, 0.15) is 15.9 Å². The number of anilines is 1. The number of tetrazole rings is 1. The van der Waals surface area contributed by atoms with E-state index in [-0.39, 0.29) is 5.97 Å². The largest absolute Gasteiger partial charge is 0.465 e. The molecule has 0 radical (unpaired) electrons. The lowest BCUT2D eigenvalue weighted by atomic mass is 10.1. The van der Waals surface area contributed by atoms with Crippen molar-refractivity contribution in [3.8, 4) is 5.69 Å². The molecular weight excluding hydrogens is 308 g/mol. The number of hydrogen-bond donors (Lipinski definition) is 1. The summed E-state index contributed by atoms with van der Waals surface area (Å²) in [5, 5.41) is 15.6. The summed E-state index contributed by atoms with van der Waals surface area (Å²) < 4.78 is 6.19. The number of rotatable bonds is 5. The zero-order valence-corrected chi connectivity index (χ0v) is 12.8. The molecule has 0 spiro atoms. The van der Waals surface area contributed by atoms with Crippen molar-refractivity contribution in [1.82, 2.24) is 20.2 Å². The third-order valence-electron chi connectivity index (χ3n) is 3.18. The van der Waals surface area contributed by atoms with Gasteiger partial charge in [0, 0.05) is 0 Å². The monoisotopic (exact) mass is 322 g/mol. The lowest BCUT2D eigenvalue weighted by Crippen LogP contribution is -2.03. The summed E-state index contributed by atoms with van der Waals surface area (Å²) in [5.41, 5.74) is 4.91. The second-order valence-corrected chi connectivity index (χ2v) is 4.73. The average molecular weight is 322 g/mol. The number of nitrogens with zero attached hydrogens (tertiary/aromatic N) is 5. The van der Waals surface area contributed by atoms with Gasteiger partial charge < -0.3 is 4.74 Å². The summed E-state index contributed by atoms with van der Waals surface area (Å²) in [4.78, 5) is 11.4. The second kappa shape index (κ2) is 7.14. The van der Waals surface area contributed by atoms with Crippen molar-refractivity contribution in [2.75, 3.05) is 12.5 Å². The van der Waals surface area contributed by atoms with Crippen molar-refractivity contribution >= 4 is 18.1 Å². The Morgan fingerprint density at radius 3 is 2.62 bits per heavy atom. The number of nitrogens with one attached hydrogen (secondary N) is 1. The summed E-state index contributed by atoms with van der Waals surface area (Å²) in [6.45, 7) is 0. The Bertz CT molecular complexity index is 843. The molecule has 0 aliphatic heterocycles. The topological polar surface area (TPSA) is 94.3 Å². The third-order valence-corrected chi connectivity index (χ3v) is 3.18. The van der Waals surface area contributed by atoms with E-state index >= 15 is 0 Å². The molecule has 3 aromatic rings. The minimum Gasteiger partial charge on any atom is -0.465 e. The number of benzene rings is 2. The van der Waals surface area contributed by atoms with Gasteiger partial charge in [-0.1, -0.05) is 35.4 Å². The molecule has 8 heteroatoms. The van der Waals surface area contributed by atoms with Gasteiger partial charge in [-0.3, -0.25) is 0 Å². The minimum atomic E-state index is -0.376. The van der Waals surface area contributed by atoms with Crippen LogP contribution in [0.25, 0.3) is 5.69 Å². The van der Waals surface area contributed by atoms with Crippen molar-refractivity contribution in [2.45, 2.75) is 0 Å². The molecule has 1 heterocycles. The number of ether oxygens (including phenoxy) is 1. The number of hydrogen-bond acceptors (Lipinski definition) is 7. The maximum Gasteiger partial charge on any atom is 0.337 e. The summed E-state index contributed by atoms with van der Waals surface area (Å²) in [6.07, 6.45) is 1.60. The van der Waals surface area contributed by atoms with Gasteiger partial charge >= 0.3 is 5.97 Å². The smallest absolute Gasteiger partial charge is 0.337 e. The summed E-state index contributed by atoms with van der Waals surface area (Å²) >= 11 is 0. The van der Waals surface area contributed by atoms with E-state index < -0.39 is 0 Å². The Kier molecular flexibility index (Phi) is 4.57. The van der Waals surface area contributed by atoms with Crippen LogP contribution in [-0.4, -0.2) is 39.5 Å². The molecule has 0 atom stereocenters. The van der Waals surface area contributed by atoms with E-state index in [1.807, 2.05) is 30.3 Å². The number of para-hydroxylation sites is 1. The van der Waals surface area contributed by atoms with Crippen molar-refractivity contribution in [2.24, 2.45) is 5.10 Å². The van der Waals surface area contributed by atoms with Gasteiger partial charge in [-0.15, -0.1) is 0 Å². The Hall–Kier alpha value is -3.55. The maximum absolute atomic E-state index is 11.4. The van der Waals surface area contributed by atoms with Gasteiger partial charge in [-0.05, 0) is 40.3 Å². The molecule has 120 valence electrons. The molecule has 8 nitrogen and oxygen atoms in total. The van der Waals surface area contributed by atoms with Crippen molar-refractivity contribution < 1.29 is 9.53 Å². The fraction of sp³-hybridized carbons (Fsp3) is 0.0625. The lowest BCUT2D eigenvalue weighted by molar-refractivity contribution is 0.0600. The van der Waals surface area contributed by atoms with Gasteiger partial charge in [0.2, 0.25) is 0 Å². The summed E-state index contributed by atoms with van der Waals surface area (Å²) in [5.74, 6) is 0.0160. The molecule has 0 aliphatic carbocycles. The van der Waals surface area contributed by atoms with Gasteiger partial charge in [0.15, 0.2) is 0 Å². The highest BCUT2D eigenvalue weighted by atomic mass is 16.5. The van der Waals surface area contributed by atoms with Crippen LogP contribution < -0.4 is 5.43 Å². The van der Waals surface area contributed by atoms with Gasteiger partial charge in [0.05, 0.1) is 24.6 Å². The van der Waals surface area contributed by atoms with Crippen molar-refractivity contribution in [1.29, 1.82) is 0 Å². The molecule has 24 heavy (non-hydrogen) atoms. The highest BCUT2D eigenvalue weighted by Gasteiger charge is 2.06. The fourth-order valence-electron chi connectivity index (χ4n) is 1.99. The van der Waals surface area contributed by atoms with E-state index in [4.69, 9.17) is 0 Å². The predicted octanol–water partition coefficient (Wildman–Crippen LogP) is 1.89. The Labute approximate surface area is 137 Å². The van der Waals surface area contributed by atoms with Crippen LogP contribution in [-0.2, 0) is 4.74 Å². The first-order chi connectivity index (χ1) is 11.8. The second-order valence-electron chi connectivity index (χ2n) is 4.73. The van der Waals surface area contributed by atoms with Gasteiger partial charge in [-0.25, -0.2) is 10.2 Å². The molecule has 0 aliphatic rings. The Balaban J connectivity index is 1.69. The predicted molar refractivity (Wildman–Crippen MR) is 88.2 cm³/mol. The van der Waals surface area contributed by atoms with E-state index in [0.717, 1.165) is 11.3 Å². The number of carbonyl (C=O) groups excluding carboxylic acids is 1. The first kappa shape index (κ1) is 15.3. The average Bonchev–Trinajstić information content (AvgIpc) is 3.11. The van der Waals surface area contributed by atoms with Crippen molar-refractivity contribution in [3.63, 3.8) is 0 Å². The zero-order valence-electron chi connectivity index (χ0n) is 12.8. The molecule has 0 saturated heterocycles. The van der Waals surface area contributed by atoms with Crippen molar-refractivity contribution in [3.05, 3.63) is 65.7 Å². The standard InChI is InChI=1S/C16H14N6O2/c1-24-15(23)13-9-7-12(8-10-13)11-17-18-16-19-20-21-22(16)14-5-3-2-4-6-14/h2-11H,1H3,(H,18,19,21). The molecule has 0 fully saturated rings. The van der Waals surface area contributed by atoms with Gasteiger partial charge in [0.1, 0.15) is 0 Å². The summed E-state index contributed by atoms with van der Waals surface area (Å²) in [6, 6.07) is 16.3. The third kappa shape index (κ3) is 3.43. The van der Waals surface area contributed by atoms with Crippen LogP contribution >= 0.6 is 0 Å². The van der Waals surface area contributed by atoms with Crippen LogP contribution in [0.4, 0.5) is 5.95 Å². The van der Waals surface area contributed by atoms with E-state index in [1.165, 1.54) is 11.8 Å². The molecule has 0 bridgehead atoms. The maximum atomic E-state index is 11.4. The molecule has 0 unspecified atom stereocenters. The highest BCUT2D eigenvalue weighted by Crippen LogP contribution is 2.10. The van der Waals surface area contributed by atoms with E-state index in [0.29, 0.717) is 11.5 Å². The molecular formula is C16H14N6O2. The first-order valence-corrected chi connectivity index (χ1v) is 7.09. The van der Waals surface area contributed by atoms with Crippen LogP contribution in [0, 0.1) is 0 Å². The van der Waals surface area contributed by atoms with E-state index in [1.54, 1.807) is 30.5 Å². The van der Waals surface area contributed by atoms with Gasteiger partial charge in [0.25, 0.3) is 5.95 Å². The number of esters is 1. The normalized spacial score (nSPS) is 10.7. The molecule has 1 aromatic heterocycles. The van der Waals surface area contributed by atoms with E-state index in [2.05, 4.69) is 30.8 Å². The molecule has 1 N–H and O–H groups in total. The highest BCUT2D eigenvalue weighted by molar-refractivity contribution is 5.90. The van der Waals surface area contributed by atoms with Crippen LogP contribution in [0.5, 0.6) is 0 Å². The Morgan fingerprint density at radius 1 is 1.17 bits per heavy atom. The number of carbonyl (C=O) groups is 1.